The lowest BCUT2D eigenvalue weighted by Crippen LogP contribution is -2.49. The maximum atomic E-state index is 12.6. The number of rotatable bonds is 7. The molecule has 8 heteroatoms. The van der Waals surface area contributed by atoms with Crippen LogP contribution in [0.25, 0.3) is 0 Å². The number of ether oxygens (including phenoxy) is 3. The summed E-state index contributed by atoms with van der Waals surface area (Å²) in [7, 11) is 3.56. The summed E-state index contributed by atoms with van der Waals surface area (Å²) < 4.78 is 18.1. The van der Waals surface area contributed by atoms with E-state index < -0.39 is 0 Å². The lowest BCUT2D eigenvalue weighted by Gasteiger charge is -2.38. The van der Waals surface area contributed by atoms with E-state index in [0.29, 0.717) is 23.0 Å². The Labute approximate surface area is 253 Å². The zero-order chi connectivity index (χ0) is 29.3. The van der Waals surface area contributed by atoms with Gasteiger partial charge in [0.15, 0.2) is 0 Å². The van der Waals surface area contributed by atoms with Crippen LogP contribution in [0.2, 0.25) is 10.0 Å². The van der Waals surface area contributed by atoms with Gasteiger partial charge in [0.25, 0.3) is 0 Å². The van der Waals surface area contributed by atoms with E-state index in [2.05, 4.69) is 61.9 Å². The Morgan fingerprint density at radius 2 is 1.80 bits per heavy atom. The van der Waals surface area contributed by atoms with Gasteiger partial charge in [0.1, 0.15) is 29.7 Å². The third-order valence-corrected chi connectivity index (χ3v) is 8.95. The number of carbonyl (C=O) groups is 1. The first-order valence-corrected chi connectivity index (χ1v) is 15.0. The van der Waals surface area contributed by atoms with Crippen LogP contribution < -0.4 is 14.4 Å². The van der Waals surface area contributed by atoms with Gasteiger partial charge in [-0.3, -0.25) is 9.69 Å². The van der Waals surface area contributed by atoms with Crippen molar-refractivity contribution in [2.45, 2.75) is 70.9 Å². The summed E-state index contributed by atoms with van der Waals surface area (Å²) in [6, 6.07) is 18.1. The number of hydrogen-bond donors (Lipinski definition) is 0. The number of anilines is 1. The van der Waals surface area contributed by atoms with Gasteiger partial charge < -0.3 is 19.1 Å². The SMILES string of the molecule is CC[C@@H](Oc1ccc([C@H]2CCN(C)c3cc4c(cc3O2)CN(C(C)C)[C@H](C(=O)OC)C4)cc1)c1ccc(Cl)c(Cl)c1. The third-order valence-electron chi connectivity index (χ3n) is 8.21. The van der Waals surface area contributed by atoms with Crippen molar-refractivity contribution in [3.8, 4) is 11.5 Å². The van der Waals surface area contributed by atoms with E-state index in [4.69, 9.17) is 37.4 Å². The van der Waals surface area contributed by atoms with Gasteiger partial charge in [-0.05, 0) is 85.3 Å². The summed E-state index contributed by atoms with van der Waals surface area (Å²) in [4.78, 5) is 17.0. The van der Waals surface area contributed by atoms with E-state index in [1.54, 1.807) is 0 Å². The van der Waals surface area contributed by atoms with Crippen molar-refractivity contribution in [1.82, 2.24) is 4.90 Å². The Bertz CT molecular complexity index is 1390. The van der Waals surface area contributed by atoms with Crippen LogP contribution in [0.1, 0.15) is 68.1 Å². The molecule has 0 fully saturated rings. The van der Waals surface area contributed by atoms with E-state index in [-0.39, 0.29) is 30.3 Å². The average Bonchev–Trinajstić information content (AvgIpc) is 3.13. The Hall–Kier alpha value is -2.93. The van der Waals surface area contributed by atoms with Crippen molar-refractivity contribution in [3.63, 3.8) is 0 Å². The second-order valence-electron chi connectivity index (χ2n) is 11.2. The number of carbonyl (C=O) groups excluding carboxylic acids is 1. The fraction of sp³-hybridized carbons (Fsp3) is 0.424. The molecule has 2 aliphatic rings. The summed E-state index contributed by atoms with van der Waals surface area (Å²) in [6.07, 6.45) is 2.07. The fourth-order valence-electron chi connectivity index (χ4n) is 5.82. The Morgan fingerprint density at radius 3 is 2.46 bits per heavy atom. The number of nitrogens with zero attached hydrogens (tertiary/aromatic N) is 2. The van der Waals surface area contributed by atoms with Gasteiger partial charge in [-0.2, -0.15) is 0 Å². The second kappa shape index (κ2) is 12.5. The third kappa shape index (κ3) is 6.30. The highest BCUT2D eigenvalue weighted by Crippen LogP contribution is 2.41. The van der Waals surface area contributed by atoms with E-state index in [1.165, 1.54) is 18.2 Å². The lowest BCUT2D eigenvalue weighted by atomic mass is 9.91. The van der Waals surface area contributed by atoms with Crippen LogP contribution in [0.3, 0.4) is 0 Å². The molecule has 0 spiro atoms. The van der Waals surface area contributed by atoms with Crippen LogP contribution in [0.15, 0.2) is 54.6 Å². The molecule has 41 heavy (non-hydrogen) atoms. The number of halogens is 2. The van der Waals surface area contributed by atoms with Crippen molar-refractivity contribution in [1.29, 1.82) is 0 Å². The molecule has 0 unspecified atom stereocenters. The van der Waals surface area contributed by atoms with E-state index in [9.17, 15) is 4.79 Å². The minimum absolute atomic E-state index is 0.0875. The van der Waals surface area contributed by atoms with Crippen LogP contribution >= 0.6 is 23.2 Å². The van der Waals surface area contributed by atoms with Crippen LogP contribution in [-0.4, -0.2) is 43.7 Å². The fourth-order valence-corrected chi connectivity index (χ4v) is 6.12. The molecule has 3 aromatic rings. The molecule has 0 aromatic heterocycles. The lowest BCUT2D eigenvalue weighted by molar-refractivity contribution is -0.148. The summed E-state index contributed by atoms with van der Waals surface area (Å²) in [6.45, 7) is 7.85. The first kappa shape index (κ1) is 29.6. The first-order chi connectivity index (χ1) is 19.7. The molecule has 218 valence electrons. The Morgan fingerprint density at radius 1 is 1.05 bits per heavy atom. The number of esters is 1. The molecule has 6 nitrogen and oxygen atoms in total. The van der Waals surface area contributed by atoms with Crippen molar-refractivity contribution in [3.05, 3.63) is 86.9 Å². The molecule has 0 saturated heterocycles. The van der Waals surface area contributed by atoms with Gasteiger partial charge >= 0.3 is 5.97 Å². The van der Waals surface area contributed by atoms with Gasteiger partial charge in [-0.25, -0.2) is 0 Å². The highest BCUT2D eigenvalue weighted by atomic mass is 35.5. The molecule has 0 N–H and O–H groups in total. The van der Waals surface area contributed by atoms with E-state index >= 15 is 0 Å². The molecular weight excluding hydrogens is 559 g/mol. The average molecular weight is 598 g/mol. The van der Waals surface area contributed by atoms with Crippen LogP contribution in [0, 0.1) is 0 Å². The van der Waals surface area contributed by atoms with Gasteiger partial charge in [0.05, 0.1) is 22.8 Å². The minimum Gasteiger partial charge on any atom is -0.486 e. The van der Waals surface area contributed by atoms with Crippen LogP contribution in [0.4, 0.5) is 5.69 Å². The highest BCUT2D eigenvalue weighted by Gasteiger charge is 2.35. The zero-order valence-electron chi connectivity index (χ0n) is 24.3. The quantitative estimate of drug-likeness (QED) is 0.259. The molecule has 2 heterocycles. The highest BCUT2D eigenvalue weighted by molar-refractivity contribution is 6.42. The van der Waals surface area contributed by atoms with Gasteiger partial charge in [0, 0.05) is 32.6 Å². The van der Waals surface area contributed by atoms with E-state index in [1.807, 2.05) is 30.3 Å². The van der Waals surface area contributed by atoms with Crippen molar-refractivity contribution >= 4 is 34.9 Å². The Balaban J connectivity index is 1.35. The standard InChI is InChI=1S/C33H38Cl2N2O4/c1-6-30(22-9-12-26(34)27(35)15-22)40-25-10-7-21(8-11-25)31-13-14-36(4)28-16-23-17-29(33(38)39-5)37(20(2)3)19-24(23)18-32(28)41-31/h7-12,15-16,18,20,29-31H,6,13-14,17,19H2,1-5H3/t29-,30+,31+/m0/s1. The minimum atomic E-state index is -0.278. The maximum absolute atomic E-state index is 12.6. The van der Waals surface area contributed by atoms with Crippen molar-refractivity contribution in [2.24, 2.45) is 0 Å². The van der Waals surface area contributed by atoms with Crippen LogP contribution in [-0.2, 0) is 22.5 Å². The van der Waals surface area contributed by atoms with E-state index in [0.717, 1.165) is 47.7 Å². The molecule has 5 rings (SSSR count). The molecule has 0 aliphatic carbocycles. The topological polar surface area (TPSA) is 51.2 Å². The number of fused-ring (bicyclic) bond motifs is 2. The molecule has 0 radical (unpaired) electrons. The van der Waals surface area contributed by atoms with Crippen molar-refractivity contribution in [2.75, 3.05) is 25.6 Å². The monoisotopic (exact) mass is 596 g/mol. The predicted molar refractivity (Wildman–Crippen MR) is 164 cm³/mol. The number of benzene rings is 3. The summed E-state index contributed by atoms with van der Waals surface area (Å²) in [5.41, 5.74) is 5.53. The maximum Gasteiger partial charge on any atom is 0.323 e. The van der Waals surface area contributed by atoms with Gasteiger partial charge in [-0.15, -0.1) is 0 Å². The normalized spacial score (nSPS) is 19.6. The first-order valence-electron chi connectivity index (χ1n) is 14.3. The van der Waals surface area contributed by atoms with Gasteiger partial charge in [0.2, 0.25) is 0 Å². The molecule has 3 aromatic carbocycles. The molecule has 2 aliphatic heterocycles. The largest absolute Gasteiger partial charge is 0.486 e. The molecule has 0 saturated carbocycles. The predicted octanol–water partition coefficient (Wildman–Crippen LogP) is 7.79. The summed E-state index contributed by atoms with van der Waals surface area (Å²) in [5, 5.41) is 1.06. The number of methoxy groups -OCH3 is 1. The Kier molecular flexibility index (Phi) is 9.03. The molecule has 3 atom stereocenters. The molecular formula is C33H38Cl2N2O4. The number of hydrogen-bond acceptors (Lipinski definition) is 6. The molecule has 0 amide bonds. The second-order valence-corrected chi connectivity index (χ2v) is 12.0. The smallest absolute Gasteiger partial charge is 0.323 e. The molecule has 0 bridgehead atoms. The van der Waals surface area contributed by atoms with Crippen LogP contribution in [0.5, 0.6) is 11.5 Å². The summed E-state index contributed by atoms with van der Waals surface area (Å²) in [5.74, 6) is 1.49. The summed E-state index contributed by atoms with van der Waals surface area (Å²) >= 11 is 12.3. The zero-order valence-corrected chi connectivity index (χ0v) is 25.8. The van der Waals surface area contributed by atoms with Crippen molar-refractivity contribution < 1.29 is 19.0 Å². The van der Waals surface area contributed by atoms with Gasteiger partial charge in [-0.1, -0.05) is 48.3 Å².